The molecule has 1 heterocycles. The van der Waals surface area contributed by atoms with E-state index in [1.807, 2.05) is 0 Å². The minimum Gasteiger partial charge on any atom is -0.478 e. The van der Waals surface area contributed by atoms with Gasteiger partial charge < -0.3 is 15.3 Å². The molecule has 0 spiro atoms. The fourth-order valence-electron chi connectivity index (χ4n) is 2.11. The minimum atomic E-state index is -3.98. The fourth-order valence-corrected chi connectivity index (χ4v) is 4.25. The standard InChI is InChI=1S/C12H14BrNO6S/c1-6-8(12(17)18)2-7(3-9(6)13)21(19,20)14-4-10(15)11(16)5-14/h2-3,10-11,15-16H,4-5H2,1H3,(H,17,18)/t10-,11+. The summed E-state index contributed by atoms with van der Waals surface area (Å²) in [5.74, 6) is -1.23. The quantitative estimate of drug-likeness (QED) is 0.689. The smallest absolute Gasteiger partial charge is 0.336 e. The zero-order chi connectivity index (χ0) is 15.9. The van der Waals surface area contributed by atoms with E-state index in [1.165, 1.54) is 6.07 Å². The lowest BCUT2D eigenvalue weighted by Crippen LogP contribution is -2.30. The van der Waals surface area contributed by atoms with Gasteiger partial charge in [0.25, 0.3) is 0 Å². The Hall–Kier alpha value is -1.00. The molecule has 0 radical (unpaired) electrons. The third kappa shape index (κ3) is 2.97. The number of nitrogens with zero attached hydrogens (tertiary/aromatic N) is 1. The molecule has 0 bridgehead atoms. The Morgan fingerprint density at radius 3 is 2.29 bits per heavy atom. The van der Waals surface area contributed by atoms with Crippen LogP contribution in [0.5, 0.6) is 0 Å². The molecule has 1 fully saturated rings. The monoisotopic (exact) mass is 379 g/mol. The van der Waals surface area contributed by atoms with Gasteiger partial charge >= 0.3 is 5.97 Å². The molecule has 0 amide bonds. The van der Waals surface area contributed by atoms with Crippen LogP contribution in [0.4, 0.5) is 0 Å². The van der Waals surface area contributed by atoms with Gasteiger partial charge in [-0.3, -0.25) is 0 Å². The summed E-state index contributed by atoms with van der Waals surface area (Å²) in [5, 5.41) is 28.0. The number of β-amino-alcohol motifs (C(OH)–C–C–N with tert-alkyl or cyclic N) is 2. The van der Waals surface area contributed by atoms with Crippen molar-refractivity contribution in [3.8, 4) is 0 Å². The Bertz CT molecular complexity index is 679. The van der Waals surface area contributed by atoms with Gasteiger partial charge in [0.2, 0.25) is 10.0 Å². The van der Waals surface area contributed by atoms with Crippen molar-refractivity contribution in [1.29, 1.82) is 0 Å². The van der Waals surface area contributed by atoms with Gasteiger partial charge in [0.1, 0.15) is 0 Å². The highest BCUT2D eigenvalue weighted by atomic mass is 79.9. The SMILES string of the molecule is Cc1c(Br)cc(S(=O)(=O)N2C[C@@H](O)[C@@H](O)C2)cc1C(=O)O. The normalized spacial score (nSPS) is 23.4. The van der Waals surface area contributed by atoms with E-state index in [9.17, 15) is 23.4 Å². The number of sulfonamides is 1. The molecule has 21 heavy (non-hydrogen) atoms. The van der Waals surface area contributed by atoms with Crippen LogP contribution in [0.2, 0.25) is 0 Å². The molecule has 1 aromatic carbocycles. The van der Waals surface area contributed by atoms with E-state index in [4.69, 9.17) is 5.11 Å². The predicted molar refractivity (Wildman–Crippen MR) is 76.6 cm³/mol. The summed E-state index contributed by atoms with van der Waals surface area (Å²) >= 11 is 3.14. The maximum absolute atomic E-state index is 12.5. The minimum absolute atomic E-state index is 0.122. The average Bonchev–Trinajstić information content (AvgIpc) is 2.73. The Kier molecular flexibility index (Phi) is 4.41. The lowest BCUT2D eigenvalue weighted by molar-refractivity contribution is 0.0572. The maximum Gasteiger partial charge on any atom is 0.336 e. The fraction of sp³-hybridized carbons (Fsp3) is 0.417. The second-order valence-electron chi connectivity index (χ2n) is 4.84. The van der Waals surface area contributed by atoms with Crippen LogP contribution in [0.25, 0.3) is 0 Å². The number of carbonyl (C=O) groups is 1. The van der Waals surface area contributed by atoms with Crippen LogP contribution in [-0.4, -0.2) is 59.3 Å². The number of hydrogen-bond acceptors (Lipinski definition) is 5. The van der Waals surface area contributed by atoms with E-state index in [1.54, 1.807) is 6.92 Å². The van der Waals surface area contributed by atoms with Crippen molar-refractivity contribution < 1.29 is 28.5 Å². The van der Waals surface area contributed by atoms with Crippen LogP contribution in [0.1, 0.15) is 15.9 Å². The molecule has 116 valence electrons. The van der Waals surface area contributed by atoms with E-state index >= 15 is 0 Å². The van der Waals surface area contributed by atoms with E-state index < -0.39 is 28.2 Å². The average molecular weight is 380 g/mol. The van der Waals surface area contributed by atoms with Gasteiger partial charge in [-0.25, -0.2) is 13.2 Å². The first kappa shape index (κ1) is 16.4. The van der Waals surface area contributed by atoms with Crippen LogP contribution < -0.4 is 0 Å². The number of hydrogen-bond donors (Lipinski definition) is 3. The summed E-state index contributed by atoms with van der Waals surface area (Å²) in [4.78, 5) is 11.0. The summed E-state index contributed by atoms with van der Waals surface area (Å²) in [6.07, 6.45) is -2.29. The Balaban J connectivity index is 2.49. The van der Waals surface area contributed by atoms with Gasteiger partial charge in [-0.05, 0) is 24.6 Å². The first-order chi connectivity index (χ1) is 9.64. The molecule has 1 aromatic rings. The van der Waals surface area contributed by atoms with E-state index in [0.717, 1.165) is 10.4 Å². The predicted octanol–water partition coefficient (Wildman–Crippen LogP) is 0.182. The van der Waals surface area contributed by atoms with Gasteiger partial charge in [0.15, 0.2) is 0 Å². The van der Waals surface area contributed by atoms with Crippen molar-refractivity contribution in [1.82, 2.24) is 4.31 Å². The summed E-state index contributed by atoms with van der Waals surface area (Å²) in [6, 6.07) is 2.39. The van der Waals surface area contributed by atoms with Gasteiger partial charge in [-0.1, -0.05) is 15.9 Å². The number of aliphatic hydroxyl groups is 2. The highest BCUT2D eigenvalue weighted by Crippen LogP contribution is 2.28. The van der Waals surface area contributed by atoms with Gasteiger partial charge in [0, 0.05) is 17.6 Å². The number of aromatic carboxylic acids is 1. The van der Waals surface area contributed by atoms with E-state index in [0.29, 0.717) is 10.0 Å². The second kappa shape index (κ2) is 5.65. The van der Waals surface area contributed by atoms with Crippen LogP contribution >= 0.6 is 15.9 Å². The molecule has 1 aliphatic heterocycles. The van der Waals surface area contributed by atoms with Crippen LogP contribution in [-0.2, 0) is 10.0 Å². The molecule has 9 heteroatoms. The molecule has 0 aromatic heterocycles. The number of rotatable bonds is 3. The highest BCUT2D eigenvalue weighted by Gasteiger charge is 2.38. The first-order valence-electron chi connectivity index (χ1n) is 6.04. The lowest BCUT2D eigenvalue weighted by Gasteiger charge is -2.17. The van der Waals surface area contributed by atoms with Crippen molar-refractivity contribution in [2.24, 2.45) is 0 Å². The molecule has 7 nitrogen and oxygen atoms in total. The third-order valence-corrected chi connectivity index (χ3v) is 6.04. The molecule has 3 N–H and O–H groups in total. The van der Waals surface area contributed by atoms with Crippen molar-refractivity contribution in [3.63, 3.8) is 0 Å². The second-order valence-corrected chi connectivity index (χ2v) is 7.63. The molecule has 0 unspecified atom stereocenters. The summed E-state index contributed by atoms with van der Waals surface area (Å²) in [5.41, 5.74) is 0.297. The van der Waals surface area contributed by atoms with E-state index in [-0.39, 0.29) is 23.5 Å². The van der Waals surface area contributed by atoms with E-state index in [2.05, 4.69) is 15.9 Å². The number of carboxylic acid groups (broad SMARTS) is 1. The molecule has 1 saturated heterocycles. The summed E-state index contributed by atoms with van der Waals surface area (Å²) in [7, 11) is -3.98. The van der Waals surface area contributed by atoms with Crippen LogP contribution in [0.3, 0.4) is 0 Å². The van der Waals surface area contributed by atoms with Gasteiger partial charge in [0.05, 0.1) is 22.7 Å². The molecule has 0 saturated carbocycles. The lowest BCUT2D eigenvalue weighted by atomic mass is 10.1. The Morgan fingerprint density at radius 1 is 1.29 bits per heavy atom. The number of benzene rings is 1. The number of aliphatic hydroxyl groups excluding tert-OH is 2. The van der Waals surface area contributed by atoms with Crippen molar-refractivity contribution in [2.45, 2.75) is 24.0 Å². The van der Waals surface area contributed by atoms with Crippen LogP contribution in [0.15, 0.2) is 21.5 Å². The van der Waals surface area contributed by atoms with Crippen LogP contribution in [0, 0.1) is 6.92 Å². The largest absolute Gasteiger partial charge is 0.478 e. The molecule has 1 aliphatic rings. The van der Waals surface area contributed by atoms with Crippen molar-refractivity contribution in [3.05, 3.63) is 27.7 Å². The Morgan fingerprint density at radius 2 is 1.81 bits per heavy atom. The molecular formula is C12H14BrNO6S. The van der Waals surface area contributed by atoms with Gasteiger partial charge in [-0.15, -0.1) is 0 Å². The van der Waals surface area contributed by atoms with Crippen molar-refractivity contribution in [2.75, 3.05) is 13.1 Å². The Labute approximate surface area is 130 Å². The summed E-state index contributed by atoms with van der Waals surface area (Å²) in [6.45, 7) is 1.11. The zero-order valence-electron chi connectivity index (χ0n) is 11.0. The van der Waals surface area contributed by atoms with Gasteiger partial charge in [-0.2, -0.15) is 4.31 Å². The zero-order valence-corrected chi connectivity index (χ0v) is 13.4. The topological polar surface area (TPSA) is 115 Å². The molecule has 0 aliphatic carbocycles. The molecular weight excluding hydrogens is 366 g/mol. The summed E-state index contributed by atoms with van der Waals surface area (Å²) < 4.78 is 26.2. The maximum atomic E-state index is 12.5. The number of carboxylic acids is 1. The van der Waals surface area contributed by atoms with Crippen molar-refractivity contribution >= 4 is 31.9 Å². The molecule has 2 rings (SSSR count). The molecule has 2 atom stereocenters. The highest BCUT2D eigenvalue weighted by molar-refractivity contribution is 9.10. The number of halogens is 1. The first-order valence-corrected chi connectivity index (χ1v) is 8.27. The third-order valence-electron chi connectivity index (χ3n) is 3.41.